The van der Waals surface area contributed by atoms with E-state index in [-0.39, 0.29) is 24.5 Å². The van der Waals surface area contributed by atoms with Crippen molar-refractivity contribution < 1.29 is 14.3 Å². The molecule has 1 fully saturated rings. The van der Waals surface area contributed by atoms with Crippen molar-refractivity contribution in [3.05, 3.63) is 29.6 Å². The number of amides is 2. The highest BCUT2D eigenvalue weighted by atomic mass is 16.6. The number of ether oxygens (including phenoxy) is 1. The second-order valence-corrected chi connectivity index (χ2v) is 7.89. The molecule has 0 bridgehead atoms. The highest BCUT2D eigenvalue weighted by Gasteiger charge is 2.30. The largest absolute Gasteiger partial charge is 0.444 e. The summed E-state index contributed by atoms with van der Waals surface area (Å²) in [6, 6.07) is 3.88. The molecule has 1 aliphatic heterocycles. The van der Waals surface area contributed by atoms with Crippen LogP contribution in [0.4, 0.5) is 4.79 Å². The van der Waals surface area contributed by atoms with Crippen LogP contribution in [0.2, 0.25) is 0 Å². The minimum Gasteiger partial charge on any atom is -0.444 e. The molecule has 0 aromatic carbocycles. The third-order valence-corrected chi connectivity index (χ3v) is 4.06. The second-order valence-electron chi connectivity index (χ2n) is 7.89. The van der Waals surface area contributed by atoms with Gasteiger partial charge in [0.05, 0.1) is 6.42 Å². The van der Waals surface area contributed by atoms with Gasteiger partial charge in [0.2, 0.25) is 5.91 Å². The van der Waals surface area contributed by atoms with Crippen LogP contribution in [0.25, 0.3) is 0 Å². The van der Waals surface area contributed by atoms with Gasteiger partial charge in [-0.25, -0.2) is 4.79 Å². The maximum absolute atomic E-state index is 12.2. The van der Waals surface area contributed by atoms with Gasteiger partial charge in [-0.2, -0.15) is 0 Å². The number of aromatic nitrogens is 1. The fourth-order valence-corrected chi connectivity index (χ4v) is 2.70. The van der Waals surface area contributed by atoms with Crippen molar-refractivity contribution in [2.75, 3.05) is 13.1 Å². The van der Waals surface area contributed by atoms with Crippen LogP contribution in [0.5, 0.6) is 0 Å². The lowest BCUT2D eigenvalue weighted by atomic mass is 10.1. The molecule has 2 rings (SSSR count). The summed E-state index contributed by atoms with van der Waals surface area (Å²) in [4.78, 5) is 30.3. The lowest BCUT2D eigenvalue weighted by Crippen LogP contribution is -2.40. The van der Waals surface area contributed by atoms with Gasteiger partial charge in [-0.3, -0.25) is 9.78 Å². The van der Waals surface area contributed by atoms with E-state index < -0.39 is 5.60 Å². The van der Waals surface area contributed by atoms with E-state index in [0.29, 0.717) is 19.0 Å². The molecule has 0 unspecified atom stereocenters. The van der Waals surface area contributed by atoms with E-state index in [2.05, 4.69) is 24.1 Å². The van der Waals surface area contributed by atoms with E-state index >= 15 is 0 Å². The molecule has 1 aromatic rings. The molecule has 6 nitrogen and oxygen atoms in total. The number of nitrogens with zero attached hydrogens (tertiary/aromatic N) is 2. The lowest BCUT2D eigenvalue weighted by Gasteiger charge is -2.24. The van der Waals surface area contributed by atoms with Crippen LogP contribution in [0, 0.1) is 0 Å². The Hall–Kier alpha value is -2.11. The number of hydrogen-bond acceptors (Lipinski definition) is 4. The Balaban J connectivity index is 1.80. The summed E-state index contributed by atoms with van der Waals surface area (Å²) in [5, 5.41) is 2.98. The van der Waals surface area contributed by atoms with Crippen molar-refractivity contribution in [2.45, 2.75) is 65.0 Å². The number of rotatable bonds is 4. The summed E-state index contributed by atoms with van der Waals surface area (Å²) < 4.78 is 5.37. The SMILES string of the molecule is CC(C)c1ccc(CC(=O)N[C@H]2CCN(C(=O)OC(C)(C)C)C2)nc1. The predicted molar refractivity (Wildman–Crippen MR) is 96.4 cm³/mol. The molecule has 1 aliphatic rings. The molecule has 0 spiro atoms. The first-order valence-corrected chi connectivity index (χ1v) is 8.86. The molecule has 0 aliphatic carbocycles. The monoisotopic (exact) mass is 347 g/mol. The zero-order valence-corrected chi connectivity index (χ0v) is 15.8. The molecule has 1 N–H and O–H groups in total. The van der Waals surface area contributed by atoms with Crippen molar-refractivity contribution >= 4 is 12.0 Å². The van der Waals surface area contributed by atoms with E-state index in [1.807, 2.05) is 39.1 Å². The second kappa shape index (κ2) is 7.85. The van der Waals surface area contributed by atoms with Crippen LogP contribution in [-0.2, 0) is 16.0 Å². The zero-order chi connectivity index (χ0) is 18.6. The highest BCUT2D eigenvalue weighted by Crippen LogP contribution is 2.16. The maximum atomic E-state index is 12.2. The summed E-state index contributed by atoms with van der Waals surface area (Å²) in [6.07, 6.45) is 2.49. The van der Waals surface area contributed by atoms with Gasteiger partial charge in [-0.15, -0.1) is 0 Å². The molecule has 138 valence electrons. The minimum atomic E-state index is -0.508. The number of carbonyl (C=O) groups is 2. The Bertz CT molecular complexity index is 605. The van der Waals surface area contributed by atoms with Crippen molar-refractivity contribution in [1.82, 2.24) is 15.2 Å². The standard InChI is InChI=1S/C19H29N3O3/c1-13(2)14-6-7-15(20-11-14)10-17(23)21-16-8-9-22(12-16)18(24)25-19(3,4)5/h6-7,11,13,16H,8-10,12H2,1-5H3,(H,21,23)/t16-/m0/s1. The van der Waals surface area contributed by atoms with E-state index in [4.69, 9.17) is 4.74 Å². The van der Waals surface area contributed by atoms with Crippen LogP contribution in [-0.4, -0.2) is 46.6 Å². The Labute approximate surface area is 150 Å². The Morgan fingerprint density at radius 1 is 1.36 bits per heavy atom. The molecule has 1 aromatic heterocycles. The molecule has 1 saturated heterocycles. The predicted octanol–water partition coefficient (Wildman–Crippen LogP) is 2.87. The van der Waals surface area contributed by atoms with Gasteiger partial charge >= 0.3 is 6.09 Å². The Morgan fingerprint density at radius 2 is 2.08 bits per heavy atom. The van der Waals surface area contributed by atoms with Gasteiger partial charge in [0.1, 0.15) is 5.60 Å². The number of carbonyl (C=O) groups excluding carboxylic acids is 2. The quantitative estimate of drug-likeness (QED) is 0.909. The number of likely N-dealkylation sites (tertiary alicyclic amines) is 1. The van der Waals surface area contributed by atoms with Crippen LogP contribution < -0.4 is 5.32 Å². The summed E-state index contributed by atoms with van der Waals surface area (Å²) in [7, 11) is 0. The average Bonchev–Trinajstić information content (AvgIpc) is 2.94. The third-order valence-electron chi connectivity index (χ3n) is 4.06. The highest BCUT2D eigenvalue weighted by molar-refractivity contribution is 5.78. The van der Waals surface area contributed by atoms with E-state index in [1.165, 1.54) is 0 Å². The normalized spacial score (nSPS) is 17.7. The summed E-state index contributed by atoms with van der Waals surface area (Å²) in [5.41, 5.74) is 1.41. The van der Waals surface area contributed by atoms with Gasteiger partial charge < -0.3 is 15.0 Å². The van der Waals surface area contributed by atoms with E-state index in [1.54, 1.807) is 4.90 Å². The average molecular weight is 347 g/mol. The molecule has 2 heterocycles. The first-order chi connectivity index (χ1) is 11.6. The number of pyridine rings is 1. The van der Waals surface area contributed by atoms with E-state index in [9.17, 15) is 9.59 Å². The smallest absolute Gasteiger partial charge is 0.410 e. The van der Waals surface area contributed by atoms with Gasteiger partial charge in [-0.1, -0.05) is 19.9 Å². The minimum absolute atomic E-state index is 0.0324. The Kier molecular flexibility index (Phi) is 6.03. The van der Waals surface area contributed by atoms with E-state index in [0.717, 1.165) is 17.7 Å². The molecule has 6 heteroatoms. The van der Waals surface area contributed by atoms with Gasteiger partial charge in [0, 0.05) is 31.0 Å². The van der Waals surface area contributed by atoms with Crippen molar-refractivity contribution in [3.8, 4) is 0 Å². The van der Waals surface area contributed by atoms with Crippen LogP contribution >= 0.6 is 0 Å². The molecule has 1 atom stereocenters. The van der Waals surface area contributed by atoms with Gasteiger partial charge in [0.15, 0.2) is 0 Å². The third kappa shape index (κ3) is 6.03. The Morgan fingerprint density at radius 3 is 2.64 bits per heavy atom. The molecule has 25 heavy (non-hydrogen) atoms. The molecule has 2 amide bonds. The molecule has 0 saturated carbocycles. The van der Waals surface area contributed by atoms with Crippen LogP contribution in [0.3, 0.4) is 0 Å². The maximum Gasteiger partial charge on any atom is 0.410 e. The zero-order valence-electron chi connectivity index (χ0n) is 15.8. The fourth-order valence-electron chi connectivity index (χ4n) is 2.70. The first kappa shape index (κ1) is 19.2. The topological polar surface area (TPSA) is 71.5 Å². The number of nitrogens with one attached hydrogen (secondary N) is 1. The van der Waals surface area contributed by atoms with Crippen molar-refractivity contribution in [1.29, 1.82) is 0 Å². The van der Waals surface area contributed by atoms with Crippen molar-refractivity contribution in [2.24, 2.45) is 0 Å². The fraction of sp³-hybridized carbons (Fsp3) is 0.632. The van der Waals surface area contributed by atoms with Gasteiger partial charge in [0.25, 0.3) is 0 Å². The molecular weight excluding hydrogens is 318 g/mol. The molecular formula is C19H29N3O3. The summed E-state index contributed by atoms with van der Waals surface area (Å²) in [6.45, 7) is 10.8. The van der Waals surface area contributed by atoms with Crippen molar-refractivity contribution in [3.63, 3.8) is 0 Å². The summed E-state index contributed by atoms with van der Waals surface area (Å²) in [5.74, 6) is 0.355. The first-order valence-electron chi connectivity index (χ1n) is 8.86. The summed E-state index contributed by atoms with van der Waals surface area (Å²) >= 11 is 0. The number of hydrogen-bond donors (Lipinski definition) is 1. The van der Waals surface area contributed by atoms with Gasteiger partial charge in [-0.05, 0) is 44.7 Å². The lowest BCUT2D eigenvalue weighted by molar-refractivity contribution is -0.121. The van der Waals surface area contributed by atoms with Crippen LogP contribution in [0.15, 0.2) is 18.3 Å². The van der Waals surface area contributed by atoms with Crippen LogP contribution in [0.1, 0.15) is 58.2 Å². The molecule has 0 radical (unpaired) electrons.